The number of hydrogen-bond donors (Lipinski definition) is 0. The van der Waals surface area contributed by atoms with Crippen LogP contribution in [0.3, 0.4) is 0 Å². The number of imide groups is 1. The van der Waals surface area contributed by atoms with Crippen molar-refractivity contribution in [1.82, 2.24) is 10.0 Å². The van der Waals surface area contributed by atoms with Gasteiger partial charge in [-0.3, -0.25) is 9.59 Å². The first-order valence-corrected chi connectivity index (χ1v) is 11.8. The van der Waals surface area contributed by atoms with Crippen molar-refractivity contribution < 1.29 is 33.3 Å². The van der Waals surface area contributed by atoms with Gasteiger partial charge in [0.05, 0.1) is 50.2 Å². The molecule has 2 amide bonds. The number of halogens is 1. The highest BCUT2D eigenvalue weighted by molar-refractivity contribution is 14.1. The Kier molecular flexibility index (Phi) is 8.97. The van der Waals surface area contributed by atoms with Gasteiger partial charge in [-0.1, -0.05) is 0 Å². The molecule has 1 heterocycles. The smallest absolute Gasteiger partial charge is 0.276 e. The van der Waals surface area contributed by atoms with Crippen molar-refractivity contribution in [1.29, 1.82) is 0 Å². The van der Waals surface area contributed by atoms with Gasteiger partial charge in [0.25, 0.3) is 11.8 Å². The topological polar surface area (TPSA) is 86.8 Å². The molecule has 1 aliphatic rings. The molecule has 0 aromatic heterocycles. The highest BCUT2D eigenvalue weighted by atomic mass is 127. The summed E-state index contributed by atoms with van der Waals surface area (Å²) in [5.74, 6) is 0.740. The third-order valence-corrected chi connectivity index (χ3v) is 6.75. The van der Waals surface area contributed by atoms with Crippen LogP contribution in [-0.4, -0.2) is 76.6 Å². The van der Waals surface area contributed by atoms with Crippen molar-refractivity contribution in [3.8, 4) is 23.0 Å². The molecule has 0 bridgehead atoms. The average Bonchev–Trinajstić information content (AvgIpc) is 3.31. The van der Waals surface area contributed by atoms with Crippen molar-refractivity contribution in [2.75, 3.05) is 48.7 Å². The molecule has 34 heavy (non-hydrogen) atoms. The first-order valence-electron chi connectivity index (χ1n) is 10.7. The van der Waals surface area contributed by atoms with Gasteiger partial charge in [-0.15, -0.1) is 0 Å². The van der Waals surface area contributed by atoms with Gasteiger partial charge in [-0.2, -0.15) is 0 Å². The van der Waals surface area contributed by atoms with Crippen LogP contribution in [0.15, 0.2) is 30.3 Å². The Morgan fingerprint density at radius 3 is 2.21 bits per heavy atom. The van der Waals surface area contributed by atoms with Gasteiger partial charge < -0.3 is 23.7 Å². The van der Waals surface area contributed by atoms with Crippen LogP contribution in [0.5, 0.6) is 23.0 Å². The molecular weight excluding hydrogens is 555 g/mol. The number of rotatable bonds is 9. The normalized spacial score (nSPS) is 15.6. The van der Waals surface area contributed by atoms with E-state index in [0.717, 1.165) is 12.8 Å². The number of carbonyl (C=O) groups excluding carboxylic acids is 2. The van der Waals surface area contributed by atoms with Crippen LogP contribution in [0, 0.1) is 3.57 Å². The third kappa shape index (κ3) is 5.08. The number of hydrazine groups is 1. The molecule has 1 saturated heterocycles. The summed E-state index contributed by atoms with van der Waals surface area (Å²) in [6.45, 7) is 0.939. The maximum atomic E-state index is 14.0. The lowest BCUT2D eigenvalue weighted by molar-refractivity contribution is -0.0235. The van der Waals surface area contributed by atoms with E-state index in [4.69, 9.17) is 23.7 Å². The fourth-order valence-electron chi connectivity index (χ4n) is 4.02. The lowest BCUT2D eigenvalue weighted by Crippen LogP contribution is -2.53. The molecule has 184 valence electrons. The summed E-state index contributed by atoms with van der Waals surface area (Å²) in [5, 5.41) is 3.00. The van der Waals surface area contributed by atoms with Gasteiger partial charge >= 0.3 is 0 Å². The van der Waals surface area contributed by atoms with Crippen molar-refractivity contribution in [2.24, 2.45) is 0 Å². The minimum atomic E-state index is -0.493. The SMILES string of the molecule is COC[C@@H]1CCCN1N(C(=O)c1ccc(OC)cc1)C(=O)c1cc(OC)c(OC)c(OC)c1I. The monoisotopic (exact) mass is 584 g/mol. The van der Waals surface area contributed by atoms with Gasteiger partial charge in [0.15, 0.2) is 11.5 Å². The minimum absolute atomic E-state index is 0.115. The van der Waals surface area contributed by atoms with E-state index in [2.05, 4.69) is 0 Å². The molecule has 3 rings (SSSR count). The van der Waals surface area contributed by atoms with Gasteiger partial charge in [0.1, 0.15) is 5.75 Å². The molecule has 2 aromatic rings. The molecule has 0 spiro atoms. The maximum Gasteiger partial charge on any atom is 0.276 e. The third-order valence-electron chi connectivity index (χ3n) is 5.68. The molecule has 0 saturated carbocycles. The molecule has 10 heteroatoms. The van der Waals surface area contributed by atoms with Crippen molar-refractivity contribution in [3.63, 3.8) is 0 Å². The van der Waals surface area contributed by atoms with Crippen molar-refractivity contribution >= 4 is 34.4 Å². The number of amides is 2. The quantitative estimate of drug-likeness (QED) is 0.327. The highest BCUT2D eigenvalue weighted by Crippen LogP contribution is 2.43. The summed E-state index contributed by atoms with van der Waals surface area (Å²) in [5.41, 5.74) is 0.625. The van der Waals surface area contributed by atoms with Gasteiger partial charge in [0, 0.05) is 19.2 Å². The zero-order chi connectivity index (χ0) is 24.8. The molecule has 0 radical (unpaired) electrons. The van der Waals surface area contributed by atoms with E-state index in [-0.39, 0.29) is 11.6 Å². The standard InChI is InChI=1S/C24H29IN2O7/c1-30-14-16-7-6-12-26(16)27(23(28)15-8-10-17(31-2)11-9-15)24(29)18-13-19(32-3)21(33-4)22(34-5)20(18)25/h8-11,13,16H,6-7,12,14H2,1-5H3/t16-/m0/s1. The molecule has 1 fully saturated rings. The maximum absolute atomic E-state index is 14.0. The molecule has 2 aromatic carbocycles. The van der Waals surface area contributed by atoms with Gasteiger partial charge in [0.2, 0.25) is 5.75 Å². The first kappa shape index (κ1) is 26.0. The number of hydrogen-bond acceptors (Lipinski definition) is 8. The van der Waals surface area contributed by atoms with Crippen molar-refractivity contribution in [2.45, 2.75) is 18.9 Å². The molecule has 0 aliphatic carbocycles. The fraction of sp³-hybridized carbons (Fsp3) is 0.417. The van der Waals surface area contributed by atoms with Crippen LogP contribution in [0.2, 0.25) is 0 Å². The average molecular weight is 584 g/mol. The second-order valence-corrected chi connectivity index (χ2v) is 8.65. The Bertz CT molecular complexity index is 1030. The fourth-order valence-corrected chi connectivity index (χ4v) is 4.87. The summed E-state index contributed by atoms with van der Waals surface area (Å²) in [7, 11) is 7.63. The summed E-state index contributed by atoms with van der Waals surface area (Å²) in [6, 6.07) is 8.12. The Labute approximate surface area is 213 Å². The zero-order valence-electron chi connectivity index (χ0n) is 19.9. The zero-order valence-corrected chi connectivity index (χ0v) is 22.1. The lowest BCUT2D eigenvalue weighted by atomic mass is 10.1. The van der Waals surface area contributed by atoms with Gasteiger partial charge in [-0.05, 0) is 65.8 Å². The predicted octanol–water partition coefficient (Wildman–Crippen LogP) is 3.63. The van der Waals surface area contributed by atoms with Crippen LogP contribution in [0.25, 0.3) is 0 Å². The summed E-state index contributed by atoms with van der Waals surface area (Å²) in [6.07, 6.45) is 1.64. The highest BCUT2D eigenvalue weighted by Gasteiger charge is 2.39. The number of ether oxygens (including phenoxy) is 5. The summed E-state index contributed by atoms with van der Waals surface area (Å²) >= 11 is 2.02. The van der Waals surface area contributed by atoms with Crippen LogP contribution in [0.4, 0.5) is 0 Å². The second-order valence-electron chi connectivity index (χ2n) is 7.57. The van der Waals surface area contributed by atoms with Gasteiger partial charge in [-0.25, -0.2) is 10.0 Å². The van der Waals surface area contributed by atoms with Crippen LogP contribution < -0.4 is 18.9 Å². The van der Waals surface area contributed by atoms with E-state index in [1.165, 1.54) is 26.3 Å². The largest absolute Gasteiger partial charge is 0.497 e. The molecule has 1 aliphatic heterocycles. The molecule has 9 nitrogen and oxygen atoms in total. The molecule has 0 N–H and O–H groups in total. The Morgan fingerprint density at radius 1 is 0.971 bits per heavy atom. The number of carbonyl (C=O) groups is 2. The van der Waals surface area contributed by atoms with E-state index >= 15 is 0 Å². The first-order chi connectivity index (χ1) is 16.4. The van der Waals surface area contributed by atoms with Crippen LogP contribution >= 0.6 is 22.6 Å². The predicted molar refractivity (Wildman–Crippen MR) is 134 cm³/mol. The minimum Gasteiger partial charge on any atom is -0.497 e. The van der Waals surface area contributed by atoms with Crippen molar-refractivity contribution in [3.05, 3.63) is 45.0 Å². The number of benzene rings is 2. The van der Waals surface area contributed by atoms with Crippen LogP contribution in [-0.2, 0) is 4.74 Å². The second kappa shape index (κ2) is 11.7. The van der Waals surface area contributed by atoms with E-state index in [9.17, 15) is 9.59 Å². The lowest BCUT2D eigenvalue weighted by Gasteiger charge is -2.34. The molecule has 1 atom stereocenters. The number of methoxy groups -OCH3 is 5. The van der Waals surface area contributed by atoms with E-state index in [0.29, 0.717) is 45.3 Å². The summed E-state index contributed by atoms with van der Waals surface area (Å²) < 4.78 is 27.5. The Morgan fingerprint density at radius 2 is 1.65 bits per heavy atom. The van der Waals surface area contributed by atoms with E-state index < -0.39 is 11.8 Å². The molecular formula is C24H29IN2O7. The van der Waals surface area contributed by atoms with E-state index in [1.54, 1.807) is 49.6 Å². The van der Waals surface area contributed by atoms with Crippen LogP contribution in [0.1, 0.15) is 33.6 Å². The van der Waals surface area contributed by atoms with E-state index in [1.807, 2.05) is 22.6 Å². The Hall–Kier alpha value is -2.57. The Balaban J connectivity index is 2.12. The summed E-state index contributed by atoms with van der Waals surface area (Å²) in [4.78, 5) is 27.7. The molecule has 0 unspecified atom stereocenters. The number of nitrogens with zero attached hydrogens (tertiary/aromatic N) is 2.